The SMILES string of the molecule is CCC1CN(c2ncc(C#N)s2)CC1C(C)(C)C. The minimum absolute atomic E-state index is 0.338. The first-order valence-corrected chi connectivity index (χ1v) is 7.38. The summed E-state index contributed by atoms with van der Waals surface area (Å²) < 4.78 is 0. The van der Waals surface area contributed by atoms with Gasteiger partial charge in [-0.3, -0.25) is 0 Å². The van der Waals surface area contributed by atoms with Gasteiger partial charge in [-0.1, -0.05) is 45.5 Å². The van der Waals surface area contributed by atoms with E-state index in [0.29, 0.717) is 16.2 Å². The molecule has 18 heavy (non-hydrogen) atoms. The van der Waals surface area contributed by atoms with E-state index in [9.17, 15) is 0 Å². The van der Waals surface area contributed by atoms with Crippen molar-refractivity contribution < 1.29 is 0 Å². The van der Waals surface area contributed by atoms with Crippen LogP contribution in [0.25, 0.3) is 0 Å². The molecule has 1 aliphatic heterocycles. The third-order valence-corrected chi connectivity index (χ3v) is 4.91. The summed E-state index contributed by atoms with van der Waals surface area (Å²) in [4.78, 5) is 7.44. The van der Waals surface area contributed by atoms with E-state index >= 15 is 0 Å². The zero-order valence-corrected chi connectivity index (χ0v) is 12.4. The van der Waals surface area contributed by atoms with Gasteiger partial charge in [0.05, 0.1) is 6.20 Å². The molecule has 2 rings (SSSR count). The molecule has 0 N–H and O–H groups in total. The normalized spacial score (nSPS) is 24.3. The van der Waals surface area contributed by atoms with E-state index in [4.69, 9.17) is 5.26 Å². The van der Waals surface area contributed by atoms with Crippen LogP contribution in [0.1, 0.15) is 39.0 Å². The monoisotopic (exact) mass is 263 g/mol. The Labute approximate surface area is 113 Å². The summed E-state index contributed by atoms with van der Waals surface area (Å²) in [6, 6.07) is 2.17. The van der Waals surface area contributed by atoms with E-state index < -0.39 is 0 Å². The molecule has 2 unspecified atom stereocenters. The Bertz CT molecular complexity index is 452. The van der Waals surface area contributed by atoms with Crippen molar-refractivity contribution in [2.75, 3.05) is 18.0 Å². The Hall–Kier alpha value is -1.08. The van der Waals surface area contributed by atoms with E-state index in [1.54, 1.807) is 6.20 Å². The van der Waals surface area contributed by atoms with Crippen LogP contribution < -0.4 is 4.90 Å². The van der Waals surface area contributed by atoms with Gasteiger partial charge in [0.15, 0.2) is 5.13 Å². The molecular formula is C14H21N3S. The van der Waals surface area contributed by atoms with Crippen molar-refractivity contribution in [3.8, 4) is 6.07 Å². The second-order valence-corrected chi connectivity index (χ2v) is 7.17. The average Bonchev–Trinajstić information content (AvgIpc) is 2.94. The molecule has 1 aromatic heterocycles. The summed E-state index contributed by atoms with van der Waals surface area (Å²) >= 11 is 1.51. The standard InChI is InChI=1S/C14H21N3S/c1-5-10-8-17(9-12(10)14(2,3)4)13-16-7-11(6-15)18-13/h7,10,12H,5,8-9H2,1-4H3. The molecule has 2 atom stereocenters. The van der Waals surface area contributed by atoms with Crippen LogP contribution >= 0.6 is 11.3 Å². The zero-order valence-electron chi connectivity index (χ0n) is 11.6. The first-order chi connectivity index (χ1) is 8.45. The summed E-state index contributed by atoms with van der Waals surface area (Å²) in [5, 5.41) is 9.89. The van der Waals surface area contributed by atoms with Crippen LogP contribution in [0.3, 0.4) is 0 Å². The number of nitriles is 1. The summed E-state index contributed by atoms with van der Waals surface area (Å²) in [6.45, 7) is 11.4. The maximum Gasteiger partial charge on any atom is 0.186 e. The van der Waals surface area contributed by atoms with Gasteiger partial charge in [0.1, 0.15) is 10.9 Å². The Morgan fingerprint density at radius 2 is 2.22 bits per heavy atom. The minimum Gasteiger partial charge on any atom is -0.347 e. The van der Waals surface area contributed by atoms with Crippen molar-refractivity contribution >= 4 is 16.5 Å². The summed E-state index contributed by atoms with van der Waals surface area (Å²) in [5.41, 5.74) is 0.338. The summed E-state index contributed by atoms with van der Waals surface area (Å²) in [5.74, 6) is 1.44. The third kappa shape index (κ3) is 2.51. The molecule has 0 radical (unpaired) electrons. The summed E-state index contributed by atoms with van der Waals surface area (Å²) in [6.07, 6.45) is 2.90. The van der Waals surface area contributed by atoms with Crippen molar-refractivity contribution in [3.05, 3.63) is 11.1 Å². The lowest BCUT2D eigenvalue weighted by Gasteiger charge is -2.30. The maximum atomic E-state index is 8.88. The Balaban J connectivity index is 2.16. The minimum atomic E-state index is 0.338. The predicted molar refractivity (Wildman–Crippen MR) is 75.8 cm³/mol. The van der Waals surface area contributed by atoms with Gasteiger partial charge in [-0.05, 0) is 17.3 Å². The van der Waals surface area contributed by atoms with E-state index in [1.165, 1.54) is 17.8 Å². The molecule has 0 aromatic carbocycles. The molecule has 0 saturated carbocycles. The molecule has 2 heterocycles. The third-order valence-electron chi connectivity index (χ3n) is 3.95. The molecule has 3 nitrogen and oxygen atoms in total. The molecular weight excluding hydrogens is 242 g/mol. The highest BCUT2D eigenvalue weighted by atomic mass is 32.1. The largest absolute Gasteiger partial charge is 0.347 e. The smallest absolute Gasteiger partial charge is 0.186 e. The number of nitrogens with zero attached hydrogens (tertiary/aromatic N) is 3. The van der Waals surface area contributed by atoms with E-state index in [-0.39, 0.29) is 0 Å². The molecule has 0 spiro atoms. The van der Waals surface area contributed by atoms with Crippen molar-refractivity contribution in [2.45, 2.75) is 34.1 Å². The molecule has 1 fully saturated rings. The second-order valence-electron chi connectivity index (χ2n) is 6.16. The quantitative estimate of drug-likeness (QED) is 0.819. The van der Waals surface area contributed by atoms with Crippen LogP contribution in [-0.4, -0.2) is 18.1 Å². The molecule has 4 heteroatoms. The fraction of sp³-hybridized carbons (Fsp3) is 0.714. The van der Waals surface area contributed by atoms with Gasteiger partial charge in [-0.15, -0.1) is 0 Å². The number of rotatable bonds is 2. The molecule has 1 aliphatic rings. The van der Waals surface area contributed by atoms with Gasteiger partial charge in [-0.25, -0.2) is 4.98 Å². The maximum absolute atomic E-state index is 8.88. The number of thiazole rings is 1. The molecule has 0 bridgehead atoms. The topological polar surface area (TPSA) is 39.9 Å². The lowest BCUT2D eigenvalue weighted by atomic mass is 9.74. The van der Waals surface area contributed by atoms with Crippen LogP contribution in [0.15, 0.2) is 6.20 Å². The Morgan fingerprint density at radius 1 is 1.50 bits per heavy atom. The highest BCUT2D eigenvalue weighted by Crippen LogP contribution is 2.41. The van der Waals surface area contributed by atoms with Crippen molar-refractivity contribution in [3.63, 3.8) is 0 Å². The summed E-state index contributed by atoms with van der Waals surface area (Å²) in [7, 11) is 0. The van der Waals surface area contributed by atoms with Crippen LogP contribution in [0.2, 0.25) is 0 Å². The van der Waals surface area contributed by atoms with E-state index in [0.717, 1.165) is 24.1 Å². The van der Waals surface area contributed by atoms with Crippen molar-refractivity contribution in [2.24, 2.45) is 17.3 Å². The van der Waals surface area contributed by atoms with Gasteiger partial charge in [-0.2, -0.15) is 5.26 Å². The predicted octanol–water partition coefficient (Wildman–Crippen LogP) is 3.52. The first kappa shape index (κ1) is 13.4. The number of hydrogen-bond donors (Lipinski definition) is 0. The van der Waals surface area contributed by atoms with Crippen molar-refractivity contribution in [1.29, 1.82) is 5.26 Å². The molecule has 1 saturated heterocycles. The van der Waals surface area contributed by atoms with E-state index in [1.807, 2.05) is 0 Å². The van der Waals surface area contributed by atoms with Crippen LogP contribution in [0.5, 0.6) is 0 Å². The molecule has 0 aliphatic carbocycles. The molecule has 0 amide bonds. The second kappa shape index (κ2) is 4.89. The number of anilines is 1. The highest BCUT2D eigenvalue weighted by molar-refractivity contribution is 7.16. The van der Waals surface area contributed by atoms with E-state index in [2.05, 4.69) is 43.6 Å². The highest BCUT2D eigenvalue weighted by Gasteiger charge is 2.39. The number of hydrogen-bond acceptors (Lipinski definition) is 4. The lowest BCUT2D eigenvalue weighted by Crippen LogP contribution is -2.27. The fourth-order valence-electron chi connectivity index (χ4n) is 2.88. The van der Waals surface area contributed by atoms with Crippen LogP contribution in [0, 0.1) is 28.6 Å². The number of aromatic nitrogens is 1. The van der Waals surface area contributed by atoms with Crippen molar-refractivity contribution in [1.82, 2.24) is 4.98 Å². The average molecular weight is 263 g/mol. The van der Waals surface area contributed by atoms with Crippen LogP contribution in [-0.2, 0) is 0 Å². The van der Waals surface area contributed by atoms with Crippen LogP contribution in [0.4, 0.5) is 5.13 Å². The van der Waals surface area contributed by atoms with Gasteiger partial charge in [0.2, 0.25) is 0 Å². The first-order valence-electron chi connectivity index (χ1n) is 6.56. The van der Waals surface area contributed by atoms with Gasteiger partial charge in [0, 0.05) is 13.1 Å². The van der Waals surface area contributed by atoms with Gasteiger partial charge >= 0.3 is 0 Å². The van der Waals surface area contributed by atoms with Gasteiger partial charge < -0.3 is 4.90 Å². The zero-order chi connectivity index (χ0) is 13.3. The Morgan fingerprint density at radius 3 is 2.67 bits per heavy atom. The molecule has 1 aromatic rings. The fourth-order valence-corrected chi connectivity index (χ4v) is 3.62. The Kier molecular flexibility index (Phi) is 3.63. The molecule has 98 valence electrons. The lowest BCUT2D eigenvalue weighted by molar-refractivity contribution is 0.200. The van der Waals surface area contributed by atoms with Gasteiger partial charge in [0.25, 0.3) is 0 Å².